The summed E-state index contributed by atoms with van der Waals surface area (Å²) in [5, 5.41) is 4.73. The molecule has 0 amide bonds. The number of aromatic nitrogens is 1. The van der Waals surface area contributed by atoms with E-state index in [4.69, 9.17) is 13.9 Å². The summed E-state index contributed by atoms with van der Waals surface area (Å²) in [4.78, 5) is 0. The number of fused-ring (bicyclic) bond motifs is 9. The van der Waals surface area contributed by atoms with Crippen molar-refractivity contribution in [3.8, 4) is 39.4 Å². The highest BCUT2D eigenvalue weighted by molar-refractivity contribution is 6.09. The lowest BCUT2D eigenvalue weighted by Crippen LogP contribution is -2.03. The topological polar surface area (TPSA) is 36.5 Å². The van der Waals surface area contributed by atoms with Crippen LogP contribution < -0.4 is 9.47 Å². The van der Waals surface area contributed by atoms with Crippen LogP contribution in [-0.4, -0.2) is 11.4 Å². The fraction of sp³-hybridized carbons (Fsp3) is 0.0270. The number of hydrogen-bond acceptors (Lipinski definition) is 3. The molecule has 0 bridgehead atoms. The first kappa shape index (κ1) is 22.3. The summed E-state index contributed by atoms with van der Waals surface area (Å²) in [6.45, 7) is 0.154. The van der Waals surface area contributed by atoms with Crippen LogP contribution >= 0.6 is 0 Å². The highest BCUT2D eigenvalue weighted by atomic mass is 16.7. The Balaban J connectivity index is 1.18. The molecule has 0 saturated heterocycles. The Morgan fingerprint density at radius 1 is 0.463 bits per heavy atom. The van der Waals surface area contributed by atoms with E-state index in [2.05, 4.69) is 114 Å². The van der Waals surface area contributed by atoms with Gasteiger partial charge >= 0.3 is 0 Å². The molecule has 6 aromatic carbocycles. The highest BCUT2D eigenvalue weighted by Crippen LogP contribution is 2.43. The molecule has 4 nitrogen and oxygen atoms in total. The number of hydrogen-bond donors (Lipinski definition) is 0. The number of rotatable bonds is 2. The van der Waals surface area contributed by atoms with Crippen molar-refractivity contribution in [1.29, 1.82) is 0 Å². The minimum Gasteiger partial charge on any atom is -0.457 e. The van der Waals surface area contributed by atoms with Gasteiger partial charge in [0.25, 0.3) is 0 Å². The molecule has 194 valence electrons. The normalized spacial score (nSPS) is 12.7. The number of benzene rings is 6. The molecule has 1 aliphatic heterocycles. The lowest BCUT2D eigenvalue weighted by molar-refractivity contribution is 0.125. The smallest absolute Gasteiger partial charge is 0.230 e. The van der Waals surface area contributed by atoms with Crippen molar-refractivity contribution in [2.75, 3.05) is 6.79 Å². The van der Waals surface area contributed by atoms with Crippen molar-refractivity contribution in [2.24, 2.45) is 0 Å². The third-order valence-corrected chi connectivity index (χ3v) is 8.21. The summed E-state index contributed by atoms with van der Waals surface area (Å²) < 4.78 is 20.7. The van der Waals surface area contributed by atoms with E-state index in [9.17, 15) is 0 Å². The van der Waals surface area contributed by atoms with E-state index < -0.39 is 0 Å². The molecule has 3 heterocycles. The van der Waals surface area contributed by atoms with Crippen molar-refractivity contribution in [3.63, 3.8) is 0 Å². The summed E-state index contributed by atoms with van der Waals surface area (Å²) in [7, 11) is 0. The maximum atomic E-state index is 6.15. The van der Waals surface area contributed by atoms with Gasteiger partial charge in [-0.3, -0.25) is 0 Å². The van der Waals surface area contributed by atoms with Crippen LogP contribution in [0.2, 0.25) is 0 Å². The van der Waals surface area contributed by atoms with Crippen LogP contribution in [0.1, 0.15) is 0 Å². The summed E-state index contributed by atoms with van der Waals surface area (Å²) in [5.41, 5.74) is 9.37. The van der Waals surface area contributed by atoms with Crippen molar-refractivity contribution in [3.05, 3.63) is 127 Å². The van der Waals surface area contributed by atoms with E-state index in [0.717, 1.165) is 61.4 Å². The molecule has 2 aromatic heterocycles. The van der Waals surface area contributed by atoms with Crippen molar-refractivity contribution >= 4 is 43.7 Å². The third kappa shape index (κ3) is 3.34. The Kier molecular flexibility index (Phi) is 4.64. The second kappa shape index (κ2) is 8.51. The van der Waals surface area contributed by atoms with Gasteiger partial charge in [-0.15, -0.1) is 0 Å². The minimum absolute atomic E-state index is 0.154. The molecule has 0 N–H and O–H groups in total. The lowest BCUT2D eigenvalue weighted by atomic mass is 9.97. The lowest BCUT2D eigenvalue weighted by Gasteiger charge is -2.13. The SMILES string of the molecule is c1ccc2c(c1)oc1cc(-c3ccc4c(c3)OCOc3ccc(-n5c6ccccc6c6ccccc65)cc3-4)ccc12. The first-order chi connectivity index (χ1) is 20.3. The molecule has 41 heavy (non-hydrogen) atoms. The van der Waals surface area contributed by atoms with Gasteiger partial charge < -0.3 is 18.5 Å². The van der Waals surface area contributed by atoms with Crippen LogP contribution in [0.15, 0.2) is 132 Å². The third-order valence-electron chi connectivity index (χ3n) is 8.21. The van der Waals surface area contributed by atoms with Crippen LogP contribution in [0.5, 0.6) is 11.5 Å². The summed E-state index contributed by atoms with van der Waals surface area (Å²) in [6.07, 6.45) is 0. The molecule has 4 heteroatoms. The average molecular weight is 530 g/mol. The zero-order valence-corrected chi connectivity index (χ0v) is 22.0. The zero-order chi connectivity index (χ0) is 26.9. The van der Waals surface area contributed by atoms with Gasteiger partial charge in [0.15, 0.2) is 0 Å². The van der Waals surface area contributed by atoms with Crippen LogP contribution in [0.3, 0.4) is 0 Å². The largest absolute Gasteiger partial charge is 0.457 e. The summed E-state index contributed by atoms with van der Waals surface area (Å²) in [6, 6.07) is 44.4. The minimum atomic E-state index is 0.154. The van der Waals surface area contributed by atoms with E-state index in [1.54, 1.807) is 0 Å². The van der Waals surface area contributed by atoms with Crippen LogP contribution in [0.25, 0.3) is 71.7 Å². The first-order valence-corrected chi connectivity index (χ1v) is 13.8. The van der Waals surface area contributed by atoms with Crippen molar-refractivity contribution < 1.29 is 13.9 Å². The van der Waals surface area contributed by atoms with Crippen molar-refractivity contribution in [2.45, 2.75) is 0 Å². The van der Waals surface area contributed by atoms with E-state index >= 15 is 0 Å². The van der Waals surface area contributed by atoms with E-state index in [-0.39, 0.29) is 6.79 Å². The van der Waals surface area contributed by atoms with Crippen LogP contribution in [0, 0.1) is 0 Å². The predicted octanol–water partition coefficient (Wildman–Crippen LogP) is 9.75. The first-order valence-electron chi connectivity index (χ1n) is 13.8. The maximum absolute atomic E-state index is 6.15. The Bertz CT molecular complexity index is 2250. The van der Waals surface area contributed by atoms with Gasteiger partial charge in [-0.25, -0.2) is 0 Å². The number of ether oxygens (including phenoxy) is 2. The Morgan fingerprint density at radius 3 is 1.95 bits per heavy atom. The van der Waals surface area contributed by atoms with Gasteiger partial charge in [-0.2, -0.15) is 0 Å². The van der Waals surface area contributed by atoms with Gasteiger partial charge in [0.1, 0.15) is 22.7 Å². The second-order valence-corrected chi connectivity index (χ2v) is 10.5. The Hall–Kier alpha value is -5.48. The molecule has 1 aliphatic rings. The number of nitrogens with zero attached hydrogens (tertiary/aromatic N) is 1. The van der Waals surface area contributed by atoms with Gasteiger partial charge in [-0.1, -0.05) is 66.7 Å². The van der Waals surface area contributed by atoms with Crippen LogP contribution in [0.4, 0.5) is 0 Å². The van der Waals surface area contributed by atoms with Gasteiger partial charge in [0.2, 0.25) is 6.79 Å². The molecule has 0 atom stereocenters. The van der Waals surface area contributed by atoms with Crippen molar-refractivity contribution in [1.82, 2.24) is 4.57 Å². The van der Waals surface area contributed by atoms with Gasteiger partial charge in [0.05, 0.1) is 11.0 Å². The van der Waals surface area contributed by atoms with Crippen LogP contribution in [-0.2, 0) is 0 Å². The molecular formula is C37H23NO3. The summed E-state index contributed by atoms with van der Waals surface area (Å²) in [5.74, 6) is 1.61. The monoisotopic (exact) mass is 529 g/mol. The standard InChI is InChI=1S/C37H23NO3/c1-4-10-32-26(7-1)27-8-2-5-11-33(27)38(32)25-15-18-34-31(21-25)30-17-14-23(19-36(30)40-22-39-34)24-13-16-29-28-9-3-6-12-35(28)41-37(29)20-24/h1-21H,22H2. The molecular weight excluding hydrogens is 506 g/mol. The molecule has 9 rings (SSSR count). The average Bonchev–Trinajstić information content (AvgIpc) is 3.50. The van der Waals surface area contributed by atoms with E-state index in [1.165, 1.54) is 21.8 Å². The molecule has 0 radical (unpaired) electrons. The Labute approximate surface area is 235 Å². The van der Waals surface area contributed by atoms with Gasteiger partial charge in [-0.05, 0) is 71.8 Å². The van der Waals surface area contributed by atoms with Gasteiger partial charge in [0, 0.05) is 38.4 Å². The summed E-state index contributed by atoms with van der Waals surface area (Å²) >= 11 is 0. The molecule has 0 spiro atoms. The van der Waals surface area contributed by atoms with E-state index in [0.29, 0.717) is 0 Å². The number of para-hydroxylation sites is 3. The molecule has 8 aromatic rings. The fourth-order valence-electron chi connectivity index (χ4n) is 6.30. The number of furan rings is 1. The molecule has 0 unspecified atom stereocenters. The fourth-order valence-corrected chi connectivity index (χ4v) is 6.30. The maximum Gasteiger partial charge on any atom is 0.230 e. The Morgan fingerprint density at radius 2 is 1.12 bits per heavy atom. The van der Waals surface area contributed by atoms with E-state index in [1.807, 2.05) is 18.2 Å². The molecule has 0 saturated carbocycles. The zero-order valence-electron chi connectivity index (χ0n) is 22.0. The second-order valence-electron chi connectivity index (χ2n) is 10.5. The molecule has 0 fully saturated rings. The predicted molar refractivity (Wildman–Crippen MR) is 165 cm³/mol. The highest BCUT2D eigenvalue weighted by Gasteiger charge is 2.20. The quantitative estimate of drug-likeness (QED) is 0.224. The molecule has 0 aliphatic carbocycles.